The molecule has 0 saturated carbocycles. The summed E-state index contributed by atoms with van der Waals surface area (Å²) in [5.41, 5.74) is 7.91. The lowest BCUT2D eigenvalue weighted by Crippen LogP contribution is -2.36. The number of nitrogens with one attached hydrogen (secondary N) is 1. The van der Waals surface area contributed by atoms with Crippen LogP contribution in [0.15, 0.2) is 34.2 Å². The molecule has 1 aromatic rings. The second kappa shape index (κ2) is 4.26. The molecule has 15 heavy (non-hydrogen) atoms. The first-order chi connectivity index (χ1) is 6.93. The molecule has 0 spiro atoms. The van der Waals surface area contributed by atoms with Crippen LogP contribution in [0.25, 0.3) is 0 Å². The molecule has 0 radical (unpaired) electrons. The molecule has 1 aromatic carbocycles. The van der Waals surface area contributed by atoms with E-state index in [1.54, 1.807) is 0 Å². The van der Waals surface area contributed by atoms with Crippen molar-refractivity contribution in [1.29, 1.82) is 0 Å². The summed E-state index contributed by atoms with van der Waals surface area (Å²) in [4.78, 5) is 3.84. The summed E-state index contributed by atoms with van der Waals surface area (Å²) in [6.45, 7) is 0. The highest BCUT2D eigenvalue weighted by atomic mass is 32.2. The average Bonchev–Trinajstić information content (AvgIpc) is 2.17. The zero-order chi connectivity index (χ0) is 11.5. The zero-order valence-corrected chi connectivity index (χ0v) is 8.53. The first-order valence-electron chi connectivity index (χ1n) is 3.87. The van der Waals surface area contributed by atoms with Crippen molar-refractivity contribution in [2.75, 3.05) is 0 Å². The maximum absolute atomic E-state index is 10.9. The molecule has 1 rings (SSSR count). The van der Waals surface area contributed by atoms with Gasteiger partial charge >= 0.3 is 0 Å². The van der Waals surface area contributed by atoms with E-state index >= 15 is 0 Å². The Labute approximate surface area is 87.0 Å². The van der Waals surface area contributed by atoms with Gasteiger partial charge < -0.3 is 5.73 Å². The van der Waals surface area contributed by atoms with E-state index in [-0.39, 0.29) is 10.9 Å². The van der Waals surface area contributed by atoms with Crippen molar-refractivity contribution < 1.29 is 8.42 Å². The van der Waals surface area contributed by atoms with Crippen LogP contribution < -0.4 is 22.1 Å². The molecule has 0 heterocycles. The fraction of sp³-hybridized carbons (Fsp3) is 0. The predicted octanol–water partition coefficient (Wildman–Crippen LogP) is -1.26. The molecule has 0 aromatic heterocycles. The highest BCUT2D eigenvalue weighted by molar-refractivity contribution is 7.89. The Morgan fingerprint density at radius 1 is 1.27 bits per heavy atom. The van der Waals surface area contributed by atoms with E-state index in [1.165, 1.54) is 24.3 Å². The summed E-state index contributed by atoms with van der Waals surface area (Å²) in [7, 11) is -3.67. The minimum atomic E-state index is -3.67. The molecule has 82 valence electrons. The van der Waals surface area contributed by atoms with Crippen LogP contribution in [0.3, 0.4) is 0 Å². The van der Waals surface area contributed by atoms with Crippen molar-refractivity contribution in [1.82, 2.24) is 5.43 Å². The molecule has 0 saturated heterocycles. The number of benzene rings is 1. The van der Waals surface area contributed by atoms with E-state index in [0.717, 1.165) is 0 Å². The van der Waals surface area contributed by atoms with Crippen molar-refractivity contribution >= 4 is 21.7 Å². The van der Waals surface area contributed by atoms with Gasteiger partial charge in [-0.3, -0.25) is 5.43 Å². The molecule has 0 bridgehead atoms. The third-order valence-corrected chi connectivity index (χ3v) is 2.49. The van der Waals surface area contributed by atoms with Crippen LogP contribution in [0.1, 0.15) is 0 Å². The van der Waals surface area contributed by atoms with Crippen LogP contribution in [-0.4, -0.2) is 14.4 Å². The number of sulfonamides is 1. The summed E-state index contributed by atoms with van der Waals surface area (Å²) in [5, 5.41) is 4.91. The van der Waals surface area contributed by atoms with Crippen LogP contribution in [0.5, 0.6) is 0 Å². The number of primary sulfonamides is 1. The van der Waals surface area contributed by atoms with E-state index in [0.29, 0.717) is 5.69 Å². The van der Waals surface area contributed by atoms with Gasteiger partial charge in [0.2, 0.25) is 16.0 Å². The van der Waals surface area contributed by atoms with Crippen molar-refractivity contribution in [3.8, 4) is 0 Å². The van der Waals surface area contributed by atoms with Crippen LogP contribution in [0.2, 0.25) is 0 Å². The third kappa shape index (κ3) is 3.20. The van der Waals surface area contributed by atoms with E-state index in [4.69, 9.17) is 16.7 Å². The summed E-state index contributed by atoms with van der Waals surface area (Å²) < 4.78 is 21.8. The number of guanidine groups is 1. The highest BCUT2D eigenvalue weighted by Gasteiger charge is 2.06. The smallest absolute Gasteiger partial charge is 0.238 e. The fourth-order valence-electron chi connectivity index (χ4n) is 0.882. The van der Waals surface area contributed by atoms with E-state index in [2.05, 4.69) is 10.4 Å². The Kier molecular flexibility index (Phi) is 3.24. The molecule has 0 aliphatic heterocycles. The average molecular weight is 229 g/mol. The van der Waals surface area contributed by atoms with E-state index in [1.807, 2.05) is 0 Å². The molecule has 0 atom stereocenters. The zero-order valence-electron chi connectivity index (χ0n) is 7.71. The molecule has 8 heteroatoms. The Morgan fingerprint density at radius 2 is 1.80 bits per heavy atom. The lowest BCUT2D eigenvalue weighted by atomic mass is 10.3. The number of hydrazine groups is 1. The predicted molar refractivity (Wildman–Crippen MR) is 56.4 cm³/mol. The largest absolute Gasteiger partial charge is 0.369 e. The SMILES string of the molecule is NNC(N)=Nc1ccc(S(N)(=O)=O)cc1. The summed E-state index contributed by atoms with van der Waals surface area (Å²) >= 11 is 0. The van der Waals surface area contributed by atoms with Gasteiger partial charge in [-0.25, -0.2) is 24.4 Å². The standard InChI is InChI=1S/C7H11N5O2S/c8-7(12-9)11-5-1-3-6(4-2-5)15(10,13)14/h1-4H,9H2,(H3,8,11,12)(H2,10,13,14). The monoisotopic (exact) mass is 229 g/mol. The molecule has 0 amide bonds. The maximum Gasteiger partial charge on any atom is 0.238 e. The number of aliphatic imine (C=N–C) groups is 1. The second-order valence-corrected chi connectivity index (χ2v) is 4.24. The molecule has 0 fully saturated rings. The van der Waals surface area contributed by atoms with Gasteiger partial charge in [0.15, 0.2) is 0 Å². The molecule has 0 aliphatic rings. The molecule has 0 aliphatic carbocycles. The van der Waals surface area contributed by atoms with E-state index < -0.39 is 10.0 Å². The highest BCUT2D eigenvalue weighted by Crippen LogP contribution is 2.14. The normalized spacial score (nSPS) is 12.5. The van der Waals surface area contributed by atoms with Gasteiger partial charge in [0.05, 0.1) is 10.6 Å². The molecular formula is C7H11N5O2S. The number of hydrogen-bond acceptors (Lipinski definition) is 4. The van der Waals surface area contributed by atoms with Crippen molar-refractivity contribution in [3.05, 3.63) is 24.3 Å². The first kappa shape index (κ1) is 11.4. The lowest BCUT2D eigenvalue weighted by molar-refractivity contribution is 0.598. The minimum absolute atomic E-state index is 0.0146. The molecule has 7 N–H and O–H groups in total. The van der Waals surface area contributed by atoms with Gasteiger partial charge in [-0.05, 0) is 24.3 Å². The summed E-state index contributed by atoms with van der Waals surface area (Å²) in [5.74, 6) is 5.02. The summed E-state index contributed by atoms with van der Waals surface area (Å²) in [6, 6.07) is 5.59. The first-order valence-corrected chi connectivity index (χ1v) is 5.42. The minimum Gasteiger partial charge on any atom is -0.369 e. The number of nitrogens with zero attached hydrogens (tertiary/aromatic N) is 1. The van der Waals surface area contributed by atoms with E-state index in [9.17, 15) is 8.42 Å². The molecule has 7 nitrogen and oxygen atoms in total. The van der Waals surface area contributed by atoms with Gasteiger partial charge in [-0.15, -0.1) is 0 Å². The fourth-order valence-corrected chi connectivity index (χ4v) is 1.40. The Hall–Kier alpha value is -1.64. The number of hydrogen-bond donors (Lipinski definition) is 4. The van der Waals surface area contributed by atoms with Gasteiger partial charge in [0, 0.05) is 0 Å². The van der Waals surface area contributed by atoms with Gasteiger partial charge in [0.25, 0.3) is 0 Å². The van der Waals surface area contributed by atoms with Gasteiger partial charge in [-0.1, -0.05) is 0 Å². The van der Waals surface area contributed by atoms with Crippen LogP contribution in [0.4, 0.5) is 5.69 Å². The third-order valence-electron chi connectivity index (χ3n) is 1.56. The topological polar surface area (TPSA) is 137 Å². The number of nitrogens with two attached hydrogens (primary N) is 3. The summed E-state index contributed by atoms with van der Waals surface area (Å²) in [6.07, 6.45) is 0. The van der Waals surface area contributed by atoms with Gasteiger partial charge in [-0.2, -0.15) is 0 Å². The Bertz CT molecular complexity index is 465. The Morgan fingerprint density at radius 3 is 2.20 bits per heavy atom. The van der Waals surface area contributed by atoms with Crippen molar-refractivity contribution in [2.24, 2.45) is 21.7 Å². The maximum atomic E-state index is 10.9. The van der Waals surface area contributed by atoms with Gasteiger partial charge in [0.1, 0.15) is 0 Å². The van der Waals surface area contributed by atoms with Crippen LogP contribution in [0, 0.1) is 0 Å². The van der Waals surface area contributed by atoms with Crippen molar-refractivity contribution in [3.63, 3.8) is 0 Å². The number of rotatable bonds is 2. The quantitative estimate of drug-likeness (QED) is 0.217. The Balaban J connectivity index is 3.01. The lowest BCUT2D eigenvalue weighted by Gasteiger charge is -2.00. The second-order valence-electron chi connectivity index (χ2n) is 2.68. The van der Waals surface area contributed by atoms with Crippen LogP contribution in [-0.2, 0) is 10.0 Å². The molecule has 0 unspecified atom stereocenters. The van der Waals surface area contributed by atoms with Crippen LogP contribution >= 0.6 is 0 Å². The molecular weight excluding hydrogens is 218 g/mol. The van der Waals surface area contributed by atoms with Crippen molar-refractivity contribution in [2.45, 2.75) is 4.90 Å².